The van der Waals surface area contributed by atoms with E-state index in [4.69, 9.17) is 9.47 Å². The molecule has 1 heterocycles. The molecular formula is C12H16IN3O4. The number of aromatic nitrogens is 2. The third-order valence-corrected chi connectivity index (χ3v) is 2.84. The van der Waals surface area contributed by atoms with Crippen molar-refractivity contribution in [3.63, 3.8) is 0 Å². The lowest BCUT2D eigenvalue weighted by atomic mass is 10.1. The summed E-state index contributed by atoms with van der Waals surface area (Å²) < 4.78 is 10.5. The molecule has 1 aromatic rings. The summed E-state index contributed by atoms with van der Waals surface area (Å²) in [6.07, 6.45) is 0. The summed E-state index contributed by atoms with van der Waals surface area (Å²) in [5.41, 5.74) is 0. The number of esters is 2. The fourth-order valence-electron chi connectivity index (χ4n) is 1.37. The molecule has 0 radical (unpaired) electrons. The van der Waals surface area contributed by atoms with Gasteiger partial charge in [0.1, 0.15) is 9.52 Å². The number of nitrogens with zero attached hydrogens (tertiary/aromatic N) is 2. The number of halogens is 1. The first-order valence-electron chi connectivity index (χ1n) is 6.14. The summed E-state index contributed by atoms with van der Waals surface area (Å²) >= 11 is 2.03. The van der Waals surface area contributed by atoms with Gasteiger partial charge >= 0.3 is 11.9 Å². The first kappa shape index (κ1) is 16.6. The fourth-order valence-corrected chi connectivity index (χ4v) is 1.65. The van der Waals surface area contributed by atoms with E-state index in [1.807, 2.05) is 22.6 Å². The average molecular weight is 393 g/mol. The SMILES string of the molecule is CCOC(=O)C(CNc1ccc(I)nn1)C(=O)OCC. The molecule has 0 atom stereocenters. The molecule has 0 saturated heterocycles. The monoisotopic (exact) mass is 393 g/mol. The zero-order valence-corrected chi connectivity index (χ0v) is 13.4. The minimum absolute atomic E-state index is 0.0486. The van der Waals surface area contributed by atoms with Crippen LogP contribution in [0.2, 0.25) is 0 Å². The molecule has 0 fully saturated rings. The number of carbonyl (C=O) groups excluding carboxylic acids is 2. The van der Waals surface area contributed by atoms with Gasteiger partial charge in [0, 0.05) is 6.54 Å². The van der Waals surface area contributed by atoms with Crippen LogP contribution >= 0.6 is 22.6 Å². The van der Waals surface area contributed by atoms with Crippen LogP contribution in [-0.4, -0.2) is 41.9 Å². The first-order chi connectivity index (χ1) is 9.58. The largest absolute Gasteiger partial charge is 0.465 e. The van der Waals surface area contributed by atoms with E-state index in [-0.39, 0.29) is 19.8 Å². The average Bonchev–Trinajstić information content (AvgIpc) is 2.42. The normalized spacial score (nSPS) is 10.2. The van der Waals surface area contributed by atoms with E-state index < -0.39 is 17.9 Å². The Kier molecular flexibility index (Phi) is 7.20. The van der Waals surface area contributed by atoms with Crippen LogP contribution in [0.5, 0.6) is 0 Å². The Balaban J connectivity index is 2.66. The Bertz CT molecular complexity index is 435. The lowest BCUT2D eigenvalue weighted by molar-refractivity contribution is -0.160. The van der Waals surface area contributed by atoms with E-state index in [0.717, 1.165) is 3.70 Å². The van der Waals surface area contributed by atoms with Gasteiger partial charge in [-0.15, -0.1) is 10.2 Å². The number of ether oxygens (including phenoxy) is 2. The van der Waals surface area contributed by atoms with Gasteiger partial charge < -0.3 is 14.8 Å². The summed E-state index contributed by atoms with van der Waals surface area (Å²) in [6, 6.07) is 3.47. The maximum atomic E-state index is 11.7. The van der Waals surface area contributed by atoms with E-state index in [1.165, 1.54) is 0 Å². The number of anilines is 1. The quantitative estimate of drug-likeness (QED) is 0.424. The van der Waals surface area contributed by atoms with Crippen molar-refractivity contribution in [2.75, 3.05) is 25.1 Å². The first-order valence-corrected chi connectivity index (χ1v) is 7.22. The number of hydrogen-bond acceptors (Lipinski definition) is 7. The minimum Gasteiger partial charge on any atom is -0.465 e. The highest BCUT2D eigenvalue weighted by atomic mass is 127. The van der Waals surface area contributed by atoms with Crippen molar-refractivity contribution < 1.29 is 19.1 Å². The predicted octanol–water partition coefficient (Wildman–Crippen LogP) is 1.24. The van der Waals surface area contributed by atoms with Crippen LogP contribution in [0.3, 0.4) is 0 Å². The molecule has 0 bridgehead atoms. The summed E-state index contributed by atoms with van der Waals surface area (Å²) in [5.74, 6) is -1.77. The summed E-state index contributed by atoms with van der Waals surface area (Å²) in [7, 11) is 0. The maximum absolute atomic E-state index is 11.7. The van der Waals surface area contributed by atoms with Gasteiger partial charge in [-0.25, -0.2) is 0 Å². The van der Waals surface area contributed by atoms with Crippen molar-refractivity contribution in [3.05, 3.63) is 15.8 Å². The molecule has 7 nitrogen and oxygen atoms in total. The standard InChI is InChI=1S/C12H16IN3O4/c1-3-19-11(17)8(12(18)20-4-2)7-14-10-6-5-9(13)15-16-10/h5-6,8H,3-4,7H2,1-2H3,(H,14,16). The van der Waals surface area contributed by atoms with Gasteiger partial charge in [-0.05, 0) is 48.6 Å². The number of rotatable bonds is 7. The van der Waals surface area contributed by atoms with Crippen molar-refractivity contribution in [2.45, 2.75) is 13.8 Å². The summed E-state index contributed by atoms with van der Waals surface area (Å²) in [5, 5.41) is 10.6. The Morgan fingerprint density at radius 3 is 2.25 bits per heavy atom. The second kappa shape index (κ2) is 8.67. The lowest BCUT2D eigenvalue weighted by Crippen LogP contribution is -2.34. The molecule has 0 spiro atoms. The molecule has 20 heavy (non-hydrogen) atoms. The molecule has 8 heteroatoms. The molecule has 1 rings (SSSR count). The van der Waals surface area contributed by atoms with Gasteiger partial charge in [-0.1, -0.05) is 0 Å². The zero-order valence-electron chi connectivity index (χ0n) is 11.3. The van der Waals surface area contributed by atoms with Gasteiger partial charge in [0.2, 0.25) is 0 Å². The van der Waals surface area contributed by atoms with Crippen LogP contribution in [-0.2, 0) is 19.1 Å². The van der Waals surface area contributed by atoms with E-state index >= 15 is 0 Å². The molecule has 0 aromatic carbocycles. The Labute approximate surface area is 130 Å². The van der Waals surface area contributed by atoms with Crippen molar-refractivity contribution in [3.8, 4) is 0 Å². The highest BCUT2D eigenvalue weighted by Gasteiger charge is 2.29. The minimum atomic E-state index is -1.02. The smallest absolute Gasteiger partial charge is 0.322 e. The van der Waals surface area contributed by atoms with E-state index in [9.17, 15) is 9.59 Å². The third-order valence-electron chi connectivity index (χ3n) is 2.26. The second-order valence-corrected chi connectivity index (χ2v) is 4.78. The van der Waals surface area contributed by atoms with Crippen LogP contribution < -0.4 is 5.32 Å². The molecule has 0 unspecified atom stereocenters. The zero-order chi connectivity index (χ0) is 15.0. The molecule has 0 aliphatic heterocycles. The fraction of sp³-hybridized carbons (Fsp3) is 0.500. The summed E-state index contributed by atoms with van der Waals surface area (Å²) in [6.45, 7) is 3.82. The van der Waals surface area contributed by atoms with Crippen LogP contribution in [0.25, 0.3) is 0 Å². The lowest BCUT2D eigenvalue weighted by Gasteiger charge is -2.15. The van der Waals surface area contributed by atoms with Crippen LogP contribution in [0.4, 0.5) is 5.82 Å². The van der Waals surface area contributed by atoms with E-state index in [2.05, 4.69) is 15.5 Å². The van der Waals surface area contributed by atoms with Gasteiger partial charge in [-0.2, -0.15) is 0 Å². The molecule has 0 saturated carbocycles. The molecule has 0 aliphatic rings. The van der Waals surface area contributed by atoms with Crippen LogP contribution in [0.1, 0.15) is 13.8 Å². The van der Waals surface area contributed by atoms with E-state index in [0.29, 0.717) is 5.82 Å². The number of nitrogens with one attached hydrogen (secondary N) is 1. The number of hydrogen-bond donors (Lipinski definition) is 1. The van der Waals surface area contributed by atoms with Crippen molar-refractivity contribution >= 4 is 40.3 Å². The highest BCUT2D eigenvalue weighted by Crippen LogP contribution is 2.08. The van der Waals surface area contributed by atoms with Gasteiger partial charge in [0.05, 0.1) is 13.2 Å². The molecule has 0 amide bonds. The topological polar surface area (TPSA) is 90.4 Å². The molecule has 1 N–H and O–H groups in total. The van der Waals surface area contributed by atoms with Crippen molar-refractivity contribution in [1.82, 2.24) is 10.2 Å². The van der Waals surface area contributed by atoms with Crippen LogP contribution in [0, 0.1) is 9.62 Å². The van der Waals surface area contributed by atoms with E-state index in [1.54, 1.807) is 26.0 Å². The molecule has 110 valence electrons. The molecular weight excluding hydrogens is 377 g/mol. The highest BCUT2D eigenvalue weighted by molar-refractivity contribution is 14.1. The van der Waals surface area contributed by atoms with Gasteiger partial charge in [0.15, 0.2) is 5.92 Å². The molecule has 0 aliphatic carbocycles. The second-order valence-electron chi connectivity index (χ2n) is 3.68. The van der Waals surface area contributed by atoms with Gasteiger partial charge in [0.25, 0.3) is 0 Å². The third kappa shape index (κ3) is 5.27. The Morgan fingerprint density at radius 2 is 1.80 bits per heavy atom. The van der Waals surface area contributed by atoms with Crippen LogP contribution in [0.15, 0.2) is 12.1 Å². The van der Waals surface area contributed by atoms with Crippen molar-refractivity contribution in [2.24, 2.45) is 5.92 Å². The summed E-state index contributed by atoms with van der Waals surface area (Å²) in [4.78, 5) is 23.5. The van der Waals surface area contributed by atoms with Gasteiger partial charge in [-0.3, -0.25) is 9.59 Å². The number of carbonyl (C=O) groups is 2. The Hall–Kier alpha value is -1.45. The Morgan fingerprint density at radius 1 is 1.20 bits per heavy atom. The van der Waals surface area contributed by atoms with Crippen molar-refractivity contribution in [1.29, 1.82) is 0 Å². The predicted molar refractivity (Wildman–Crippen MR) is 80.0 cm³/mol. The maximum Gasteiger partial charge on any atom is 0.322 e. The molecule has 1 aromatic heterocycles.